The fraction of sp³-hybridized carbons (Fsp3) is 0.588. The van der Waals surface area contributed by atoms with E-state index in [1.807, 2.05) is 22.7 Å². The van der Waals surface area contributed by atoms with Gasteiger partial charge in [0.2, 0.25) is 5.91 Å². The van der Waals surface area contributed by atoms with Gasteiger partial charge in [-0.2, -0.15) is 11.8 Å². The molecular formula is C17H21Cl2NO2S. The molecule has 0 aliphatic carbocycles. The van der Waals surface area contributed by atoms with Crippen LogP contribution in [0.3, 0.4) is 0 Å². The van der Waals surface area contributed by atoms with Crippen LogP contribution in [0.5, 0.6) is 0 Å². The largest absolute Gasteiger partial charge is 0.376 e. The van der Waals surface area contributed by atoms with Gasteiger partial charge < -0.3 is 9.64 Å². The van der Waals surface area contributed by atoms with Crippen molar-refractivity contribution in [2.45, 2.75) is 37.8 Å². The Kier molecular flexibility index (Phi) is 6.13. The van der Waals surface area contributed by atoms with Crippen LogP contribution in [0, 0.1) is 0 Å². The summed E-state index contributed by atoms with van der Waals surface area (Å²) < 4.78 is 5.74. The molecule has 2 saturated heterocycles. The second-order valence-corrected chi connectivity index (χ2v) is 8.09. The number of nitrogens with zero attached hydrogens (tertiary/aromatic N) is 1. The molecular weight excluding hydrogens is 353 g/mol. The molecule has 0 bridgehead atoms. The summed E-state index contributed by atoms with van der Waals surface area (Å²) in [5.74, 6) is 2.32. The molecule has 2 aliphatic heterocycles. The Balaban J connectivity index is 1.69. The number of rotatable bonds is 5. The van der Waals surface area contributed by atoms with Crippen LogP contribution in [0.4, 0.5) is 0 Å². The van der Waals surface area contributed by atoms with Gasteiger partial charge in [-0.05, 0) is 42.7 Å². The molecule has 0 N–H and O–H groups in total. The van der Waals surface area contributed by atoms with E-state index in [-0.39, 0.29) is 12.0 Å². The highest BCUT2D eigenvalue weighted by Gasteiger charge is 2.30. The highest BCUT2D eigenvalue weighted by molar-refractivity contribution is 7.99. The molecule has 1 amide bonds. The van der Waals surface area contributed by atoms with Crippen LogP contribution in [0.15, 0.2) is 18.2 Å². The van der Waals surface area contributed by atoms with Crippen molar-refractivity contribution in [3.8, 4) is 0 Å². The lowest BCUT2D eigenvalue weighted by Crippen LogP contribution is -2.45. The minimum atomic E-state index is 0.159. The van der Waals surface area contributed by atoms with Gasteiger partial charge >= 0.3 is 0 Å². The number of benzene rings is 1. The van der Waals surface area contributed by atoms with E-state index in [1.54, 1.807) is 12.1 Å². The molecule has 6 heteroatoms. The summed E-state index contributed by atoms with van der Waals surface area (Å²) in [5, 5.41) is 1.02. The van der Waals surface area contributed by atoms with Crippen LogP contribution >= 0.6 is 35.0 Å². The molecule has 23 heavy (non-hydrogen) atoms. The molecule has 0 radical (unpaired) electrons. The predicted molar refractivity (Wildman–Crippen MR) is 96.6 cm³/mol. The Hall–Kier alpha value is -0.420. The van der Waals surface area contributed by atoms with Gasteiger partial charge in [0.25, 0.3) is 0 Å². The van der Waals surface area contributed by atoms with Crippen LogP contribution in [-0.2, 0) is 16.0 Å². The van der Waals surface area contributed by atoms with Crippen molar-refractivity contribution < 1.29 is 9.53 Å². The predicted octanol–water partition coefficient (Wildman–Crippen LogP) is 4.05. The van der Waals surface area contributed by atoms with Gasteiger partial charge in [-0.1, -0.05) is 29.3 Å². The van der Waals surface area contributed by atoms with Crippen molar-refractivity contribution in [3.63, 3.8) is 0 Å². The minimum Gasteiger partial charge on any atom is -0.376 e. The second-order valence-electron chi connectivity index (χ2n) is 6.12. The summed E-state index contributed by atoms with van der Waals surface area (Å²) in [7, 11) is 0. The van der Waals surface area contributed by atoms with E-state index in [4.69, 9.17) is 27.9 Å². The van der Waals surface area contributed by atoms with E-state index in [9.17, 15) is 4.79 Å². The monoisotopic (exact) mass is 373 g/mol. The lowest BCUT2D eigenvalue weighted by molar-refractivity contribution is -0.134. The maximum Gasteiger partial charge on any atom is 0.227 e. The number of hydrogen-bond acceptors (Lipinski definition) is 3. The van der Waals surface area contributed by atoms with Gasteiger partial charge in [0.15, 0.2) is 0 Å². The van der Waals surface area contributed by atoms with E-state index in [0.29, 0.717) is 29.1 Å². The number of hydrogen-bond donors (Lipinski definition) is 0. The first-order chi connectivity index (χ1) is 11.1. The summed E-state index contributed by atoms with van der Waals surface area (Å²) in [6.45, 7) is 1.53. The molecule has 0 saturated carbocycles. The van der Waals surface area contributed by atoms with Crippen LogP contribution in [0.25, 0.3) is 0 Å². The molecule has 2 atom stereocenters. The van der Waals surface area contributed by atoms with Gasteiger partial charge in [-0.3, -0.25) is 4.79 Å². The minimum absolute atomic E-state index is 0.159. The van der Waals surface area contributed by atoms with Gasteiger partial charge in [-0.25, -0.2) is 0 Å². The Morgan fingerprint density at radius 1 is 1.30 bits per heavy atom. The summed E-state index contributed by atoms with van der Waals surface area (Å²) in [5.41, 5.74) is 0.910. The molecule has 2 fully saturated rings. The molecule has 2 unspecified atom stereocenters. The number of amides is 1. The van der Waals surface area contributed by atoms with Crippen LogP contribution < -0.4 is 0 Å². The maximum absolute atomic E-state index is 12.9. The van der Waals surface area contributed by atoms with E-state index in [2.05, 4.69) is 0 Å². The number of carbonyl (C=O) groups excluding carboxylic acids is 1. The SMILES string of the molecule is O=C(Cc1ccc(Cl)c(Cl)c1)N(CC1CCCO1)C1CCSC1. The van der Waals surface area contributed by atoms with Gasteiger partial charge in [0, 0.05) is 24.9 Å². The van der Waals surface area contributed by atoms with E-state index >= 15 is 0 Å². The third-order valence-electron chi connectivity index (χ3n) is 4.43. The van der Waals surface area contributed by atoms with E-state index < -0.39 is 0 Å². The molecule has 1 aromatic rings. The standard InChI is InChI=1S/C17H21Cl2NO2S/c18-15-4-3-12(8-16(15)19)9-17(21)20(13-5-7-23-11-13)10-14-2-1-6-22-14/h3-4,8,13-14H,1-2,5-7,9-11H2. The van der Waals surface area contributed by atoms with Crippen LogP contribution in [0.1, 0.15) is 24.8 Å². The molecule has 3 nitrogen and oxygen atoms in total. The van der Waals surface area contributed by atoms with E-state index in [1.165, 1.54) is 0 Å². The Bertz CT molecular complexity index is 558. The second kappa shape index (κ2) is 8.11. The molecule has 2 heterocycles. The molecule has 3 rings (SSSR count). The van der Waals surface area contributed by atoms with Crippen LogP contribution in [-0.4, -0.2) is 47.6 Å². The zero-order valence-corrected chi connectivity index (χ0v) is 15.3. The van der Waals surface area contributed by atoms with Crippen molar-refractivity contribution in [3.05, 3.63) is 33.8 Å². The van der Waals surface area contributed by atoms with Crippen molar-refractivity contribution in [1.29, 1.82) is 0 Å². The molecule has 1 aromatic carbocycles. The molecule has 0 aromatic heterocycles. The lowest BCUT2D eigenvalue weighted by Gasteiger charge is -2.31. The van der Waals surface area contributed by atoms with Crippen LogP contribution in [0.2, 0.25) is 10.0 Å². The lowest BCUT2D eigenvalue weighted by atomic mass is 10.1. The topological polar surface area (TPSA) is 29.5 Å². The summed E-state index contributed by atoms with van der Waals surface area (Å²) in [6.07, 6.45) is 3.78. The summed E-state index contributed by atoms with van der Waals surface area (Å²) >= 11 is 13.9. The van der Waals surface area contributed by atoms with Gasteiger partial charge in [0.05, 0.1) is 22.6 Å². The molecule has 126 valence electrons. The van der Waals surface area contributed by atoms with Crippen molar-refractivity contribution in [1.82, 2.24) is 4.90 Å². The summed E-state index contributed by atoms with van der Waals surface area (Å²) in [4.78, 5) is 14.9. The highest BCUT2D eigenvalue weighted by Crippen LogP contribution is 2.26. The number of carbonyl (C=O) groups is 1. The highest BCUT2D eigenvalue weighted by atomic mass is 35.5. The fourth-order valence-corrected chi connectivity index (χ4v) is 4.70. The number of halogens is 2. The molecule has 0 spiro atoms. The molecule has 2 aliphatic rings. The van der Waals surface area contributed by atoms with Gasteiger partial charge in [-0.15, -0.1) is 0 Å². The Morgan fingerprint density at radius 2 is 2.17 bits per heavy atom. The summed E-state index contributed by atoms with van der Waals surface area (Å²) in [6, 6.07) is 5.75. The quantitative estimate of drug-likeness (QED) is 0.779. The van der Waals surface area contributed by atoms with Crippen molar-refractivity contribution >= 4 is 40.9 Å². The smallest absolute Gasteiger partial charge is 0.227 e. The third-order valence-corrected chi connectivity index (χ3v) is 6.31. The third kappa shape index (κ3) is 4.56. The van der Waals surface area contributed by atoms with Gasteiger partial charge in [0.1, 0.15) is 0 Å². The van der Waals surface area contributed by atoms with Crippen molar-refractivity contribution in [2.24, 2.45) is 0 Å². The Labute approximate surface area is 151 Å². The first kappa shape index (κ1) is 17.4. The zero-order chi connectivity index (χ0) is 16.2. The number of thioether (sulfide) groups is 1. The normalized spacial score (nSPS) is 24.1. The number of ether oxygens (including phenoxy) is 1. The van der Waals surface area contributed by atoms with E-state index in [0.717, 1.165) is 42.9 Å². The maximum atomic E-state index is 12.9. The average molecular weight is 374 g/mol. The average Bonchev–Trinajstić information content (AvgIpc) is 3.21. The first-order valence-electron chi connectivity index (χ1n) is 8.06. The Morgan fingerprint density at radius 3 is 2.83 bits per heavy atom. The first-order valence-corrected chi connectivity index (χ1v) is 9.97. The van der Waals surface area contributed by atoms with Crippen molar-refractivity contribution in [2.75, 3.05) is 24.7 Å². The zero-order valence-electron chi connectivity index (χ0n) is 13.0. The fourth-order valence-electron chi connectivity index (χ4n) is 3.16.